The molecule has 6 nitrogen and oxygen atoms in total. The van der Waals surface area contributed by atoms with Crippen molar-refractivity contribution in [2.24, 2.45) is 11.8 Å². The molecule has 0 unspecified atom stereocenters. The summed E-state index contributed by atoms with van der Waals surface area (Å²) in [5, 5.41) is 3.66. The summed E-state index contributed by atoms with van der Waals surface area (Å²) in [5.74, 6) is 0.804. The number of thioether (sulfide) groups is 1. The number of hydrogen-bond acceptors (Lipinski definition) is 4. The second-order valence-corrected chi connectivity index (χ2v) is 8.32. The topological polar surface area (TPSA) is 68.9 Å². The summed E-state index contributed by atoms with van der Waals surface area (Å²) in [5.41, 5.74) is 1.97. The molecule has 144 valence electrons. The van der Waals surface area contributed by atoms with E-state index < -0.39 is 0 Å². The first-order valence-electron chi connectivity index (χ1n) is 9.16. The molecule has 0 aliphatic carbocycles. The van der Waals surface area contributed by atoms with E-state index in [9.17, 15) is 9.59 Å². The van der Waals surface area contributed by atoms with Gasteiger partial charge in [0.25, 0.3) is 5.56 Å². The average Bonchev–Trinajstić information content (AvgIpc) is 2.85. The molecule has 0 radical (unpaired) electrons. The Balaban J connectivity index is 2.39. The van der Waals surface area contributed by atoms with Gasteiger partial charge in [0.1, 0.15) is 12.1 Å². The van der Waals surface area contributed by atoms with Crippen LogP contribution < -0.4 is 10.9 Å². The van der Waals surface area contributed by atoms with Crippen LogP contribution in [0.5, 0.6) is 0 Å². The second kappa shape index (κ2) is 8.75. The predicted octanol–water partition coefficient (Wildman–Crippen LogP) is 3.05. The first-order valence-corrected chi connectivity index (χ1v) is 10.4. The summed E-state index contributed by atoms with van der Waals surface area (Å²) in [4.78, 5) is 30.1. The predicted molar refractivity (Wildman–Crippen MR) is 108 cm³/mol. The Hall–Kier alpha value is -1.76. The normalized spacial score (nSPS) is 11.7. The van der Waals surface area contributed by atoms with Crippen LogP contribution in [-0.2, 0) is 17.9 Å². The molecular weight excluding hydrogens is 348 g/mol. The summed E-state index contributed by atoms with van der Waals surface area (Å²) in [6.45, 7) is 11.7. The lowest BCUT2D eigenvalue weighted by Crippen LogP contribution is -2.31. The third-order valence-electron chi connectivity index (χ3n) is 4.25. The molecule has 0 bridgehead atoms. The Morgan fingerprint density at radius 1 is 1.23 bits per heavy atom. The molecule has 1 N–H and O–H groups in total. The summed E-state index contributed by atoms with van der Waals surface area (Å²) in [6, 6.07) is 1.89. The first-order chi connectivity index (χ1) is 12.2. The molecule has 2 aromatic rings. The Labute approximate surface area is 159 Å². The third-order valence-corrected chi connectivity index (χ3v) is 4.93. The monoisotopic (exact) mass is 378 g/mol. The van der Waals surface area contributed by atoms with E-state index in [1.54, 1.807) is 9.13 Å². The Kier molecular flexibility index (Phi) is 6.92. The highest BCUT2D eigenvalue weighted by molar-refractivity contribution is 7.98. The van der Waals surface area contributed by atoms with E-state index in [1.165, 1.54) is 11.8 Å². The molecule has 0 atom stereocenters. The standard InChI is InChI=1S/C19H30N4O2S/c1-12(2)7-8-20-16(24)11-22-14(5)9-15-17(22)18(25)23(10-13(3)4)19(21-15)26-6/h9,12-13H,7-8,10-11H2,1-6H3,(H,20,24). The van der Waals surface area contributed by atoms with Crippen LogP contribution in [0.3, 0.4) is 0 Å². The van der Waals surface area contributed by atoms with Crippen LogP contribution >= 0.6 is 11.8 Å². The Morgan fingerprint density at radius 3 is 2.50 bits per heavy atom. The van der Waals surface area contributed by atoms with Crippen molar-refractivity contribution in [3.8, 4) is 0 Å². The maximum atomic E-state index is 13.1. The number of hydrogen-bond donors (Lipinski definition) is 1. The van der Waals surface area contributed by atoms with Crippen molar-refractivity contribution >= 4 is 28.7 Å². The molecule has 2 heterocycles. The molecule has 0 fully saturated rings. The van der Waals surface area contributed by atoms with E-state index in [-0.39, 0.29) is 18.0 Å². The van der Waals surface area contributed by atoms with E-state index in [1.807, 2.05) is 19.2 Å². The lowest BCUT2D eigenvalue weighted by Gasteiger charge is -2.14. The highest BCUT2D eigenvalue weighted by Crippen LogP contribution is 2.19. The van der Waals surface area contributed by atoms with Crippen molar-refractivity contribution in [3.05, 3.63) is 22.1 Å². The highest BCUT2D eigenvalue weighted by atomic mass is 32.2. The van der Waals surface area contributed by atoms with Crippen molar-refractivity contribution < 1.29 is 4.79 Å². The number of fused-ring (bicyclic) bond motifs is 1. The molecule has 0 saturated heterocycles. The summed E-state index contributed by atoms with van der Waals surface area (Å²) >= 11 is 1.47. The number of nitrogens with one attached hydrogen (secondary N) is 1. The van der Waals surface area contributed by atoms with Gasteiger partial charge in [-0.2, -0.15) is 0 Å². The molecule has 0 saturated carbocycles. The Bertz CT molecular complexity index is 836. The molecule has 1 amide bonds. The van der Waals surface area contributed by atoms with Gasteiger partial charge in [0.2, 0.25) is 5.91 Å². The van der Waals surface area contributed by atoms with Gasteiger partial charge in [-0.3, -0.25) is 14.2 Å². The summed E-state index contributed by atoms with van der Waals surface area (Å²) < 4.78 is 3.51. The van der Waals surface area contributed by atoms with E-state index >= 15 is 0 Å². The highest BCUT2D eigenvalue weighted by Gasteiger charge is 2.18. The van der Waals surface area contributed by atoms with Gasteiger partial charge in [-0.25, -0.2) is 4.98 Å². The van der Waals surface area contributed by atoms with Crippen LogP contribution in [0.15, 0.2) is 16.0 Å². The van der Waals surface area contributed by atoms with E-state index in [2.05, 4.69) is 38.0 Å². The number of carbonyl (C=O) groups excluding carboxylic acids is 1. The molecule has 0 aliphatic heterocycles. The van der Waals surface area contributed by atoms with Crippen molar-refractivity contribution in [1.29, 1.82) is 0 Å². The average molecular weight is 379 g/mol. The van der Waals surface area contributed by atoms with E-state index in [0.29, 0.717) is 36.0 Å². The quantitative estimate of drug-likeness (QED) is 0.566. The minimum atomic E-state index is -0.0741. The van der Waals surface area contributed by atoms with E-state index in [0.717, 1.165) is 17.3 Å². The van der Waals surface area contributed by atoms with Gasteiger partial charge in [-0.1, -0.05) is 39.5 Å². The van der Waals surface area contributed by atoms with Crippen molar-refractivity contribution in [2.45, 2.75) is 59.3 Å². The zero-order chi connectivity index (χ0) is 19.4. The molecule has 7 heteroatoms. The molecule has 0 spiro atoms. The van der Waals surface area contributed by atoms with Crippen LogP contribution in [0.1, 0.15) is 39.8 Å². The SMILES string of the molecule is CSc1nc2cc(C)n(CC(=O)NCCC(C)C)c2c(=O)n1CC(C)C. The number of aromatic nitrogens is 3. The van der Waals surface area contributed by atoms with Gasteiger partial charge < -0.3 is 9.88 Å². The number of aryl methyl sites for hydroxylation is 1. The molecule has 2 aromatic heterocycles. The zero-order valence-electron chi connectivity index (χ0n) is 16.6. The molecule has 0 aliphatic rings. The van der Waals surface area contributed by atoms with Crippen LogP contribution in [0.2, 0.25) is 0 Å². The van der Waals surface area contributed by atoms with Gasteiger partial charge in [-0.15, -0.1) is 0 Å². The molecule has 0 aromatic carbocycles. The minimum absolute atomic E-state index is 0.0730. The molecular formula is C19H30N4O2S. The summed E-state index contributed by atoms with van der Waals surface area (Å²) in [6.07, 6.45) is 2.87. The minimum Gasteiger partial charge on any atom is -0.355 e. The van der Waals surface area contributed by atoms with Crippen molar-refractivity contribution in [3.63, 3.8) is 0 Å². The zero-order valence-corrected chi connectivity index (χ0v) is 17.4. The van der Waals surface area contributed by atoms with Crippen LogP contribution in [0.25, 0.3) is 11.0 Å². The van der Waals surface area contributed by atoms with Crippen LogP contribution in [-0.4, -0.2) is 32.8 Å². The lowest BCUT2D eigenvalue weighted by molar-refractivity contribution is -0.121. The van der Waals surface area contributed by atoms with E-state index in [4.69, 9.17) is 0 Å². The number of carbonyl (C=O) groups is 1. The third kappa shape index (κ3) is 4.69. The Morgan fingerprint density at radius 2 is 1.92 bits per heavy atom. The van der Waals surface area contributed by atoms with Gasteiger partial charge in [0.05, 0.1) is 5.52 Å². The fourth-order valence-electron chi connectivity index (χ4n) is 2.93. The fraction of sp³-hybridized carbons (Fsp3) is 0.632. The second-order valence-electron chi connectivity index (χ2n) is 7.55. The van der Waals surface area contributed by atoms with Gasteiger partial charge >= 0.3 is 0 Å². The maximum Gasteiger partial charge on any atom is 0.278 e. The molecule has 26 heavy (non-hydrogen) atoms. The van der Waals surface area contributed by atoms with Gasteiger partial charge in [0, 0.05) is 18.8 Å². The fourth-order valence-corrected chi connectivity index (χ4v) is 3.50. The van der Waals surface area contributed by atoms with Crippen LogP contribution in [0, 0.1) is 18.8 Å². The number of rotatable bonds is 8. The first kappa shape index (κ1) is 20.6. The smallest absolute Gasteiger partial charge is 0.278 e. The van der Waals surface area contributed by atoms with Crippen molar-refractivity contribution in [1.82, 2.24) is 19.4 Å². The number of amides is 1. The lowest BCUT2D eigenvalue weighted by atomic mass is 10.1. The van der Waals surface area contributed by atoms with Crippen LogP contribution in [0.4, 0.5) is 0 Å². The maximum absolute atomic E-state index is 13.1. The number of nitrogens with zero attached hydrogens (tertiary/aromatic N) is 3. The molecule has 2 rings (SSSR count). The van der Waals surface area contributed by atoms with Crippen molar-refractivity contribution in [2.75, 3.05) is 12.8 Å². The largest absolute Gasteiger partial charge is 0.355 e. The summed E-state index contributed by atoms with van der Waals surface area (Å²) in [7, 11) is 0. The van der Waals surface area contributed by atoms with Gasteiger partial charge in [0.15, 0.2) is 5.16 Å². The van der Waals surface area contributed by atoms with Gasteiger partial charge in [-0.05, 0) is 37.5 Å².